The smallest absolute Gasteiger partial charge is 0.303 e. The summed E-state index contributed by atoms with van der Waals surface area (Å²) >= 11 is 3.43. The number of carboxylic acid groups (broad SMARTS) is 1. The summed E-state index contributed by atoms with van der Waals surface area (Å²) in [5, 5.41) is 8.85. The lowest BCUT2D eigenvalue weighted by molar-refractivity contribution is -0.138. The zero-order valence-corrected chi connectivity index (χ0v) is 11.9. The summed E-state index contributed by atoms with van der Waals surface area (Å²) in [5.41, 5.74) is 1.29. The van der Waals surface area contributed by atoms with Crippen LogP contribution in [0.15, 0.2) is 28.7 Å². The van der Waals surface area contributed by atoms with Crippen molar-refractivity contribution >= 4 is 21.9 Å². The monoisotopic (exact) mass is 311 g/mol. The first-order valence-electron chi connectivity index (χ1n) is 6.32. The predicted molar refractivity (Wildman–Crippen MR) is 74.4 cm³/mol. The van der Waals surface area contributed by atoms with E-state index in [1.54, 1.807) is 0 Å². The Morgan fingerprint density at radius 2 is 2.11 bits per heavy atom. The van der Waals surface area contributed by atoms with E-state index in [1.165, 1.54) is 5.56 Å². The molecule has 2 rings (SSSR count). The molecule has 1 saturated heterocycles. The number of piperidine rings is 1. The Hall–Kier alpha value is -0.870. The molecule has 1 aromatic carbocycles. The molecule has 0 bridgehead atoms. The van der Waals surface area contributed by atoms with Gasteiger partial charge < -0.3 is 5.11 Å². The first kappa shape index (κ1) is 13.6. The summed E-state index contributed by atoms with van der Waals surface area (Å²) in [6.07, 6.45) is 2.45. The van der Waals surface area contributed by atoms with Gasteiger partial charge >= 0.3 is 5.97 Å². The molecule has 4 heteroatoms. The highest BCUT2D eigenvalue weighted by atomic mass is 79.9. The predicted octanol–water partition coefficient (Wildman–Crippen LogP) is 3.14. The van der Waals surface area contributed by atoms with Crippen LogP contribution in [0, 0.1) is 5.92 Å². The van der Waals surface area contributed by atoms with Crippen molar-refractivity contribution in [2.75, 3.05) is 13.1 Å². The Bertz CT molecular complexity index is 405. The van der Waals surface area contributed by atoms with E-state index in [-0.39, 0.29) is 0 Å². The lowest BCUT2D eigenvalue weighted by Crippen LogP contribution is -2.35. The molecule has 1 atom stereocenters. The van der Waals surface area contributed by atoms with E-state index in [2.05, 4.69) is 33.0 Å². The van der Waals surface area contributed by atoms with E-state index in [0.717, 1.165) is 36.9 Å². The molecule has 1 aromatic rings. The molecule has 0 spiro atoms. The van der Waals surface area contributed by atoms with Crippen LogP contribution in [0.4, 0.5) is 0 Å². The normalized spacial score (nSPS) is 20.8. The zero-order chi connectivity index (χ0) is 13.0. The first-order valence-corrected chi connectivity index (χ1v) is 7.11. The molecule has 0 saturated carbocycles. The number of carbonyl (C=O) groups is 1. The van der Waals surface area contributed by atoms with Crippen molar-refractivity contribution in [2.45, 2.75) is 25.8 Å². The third-order valence-electron chi connectivity index (χ3n) is 3.39. The zero-order valence-electron chi connectivity index (χ0n) is 10.3. The molecule has 0 aromatic heterocycles. The van der Waals surface area contributed by atoms with Crippen molar-refractivity contribution in [1.82, 2.24) is 4.90 Å². The molecule has 1 heterocycles. The van der Waals surface area contributed by atoms with Gasteiger partial charge in [-0.2, -0.15) is 0 Å². The van der Waals surface area contributed by atoms with Crippen molar-refractivity contribution in [3.63, 3.8) is 0 Å². The van der Waals surface area contributed by atoms with Gasteiger partial charge in [0.2, 0.25) is 0 Å². The van der Waals surface area contributed by atoms with Gasteiger partial charge in [0.05, 0.1) is 0 Å². The highest BCUT2D eigenvalue weighted by Crippen LogP contribution is 2.21. The average molecular weight is 312 g/mol. The van der Waals surface area contributed by atoms with Crippen LogP contribution in [-0.2, 0) is 11.3 Å². The minimum atomic E-state index is -0.675. The largest absolute Gasteiger partial charge is 0.481 e. The van der Waals surface area contributed by atoms with Crippen LogP contribution in [0.2, 0.25) is 0 Å². The number of carboxylic acids is 1. The second kappa shape index (κ2) is 6.34. The van der Waals surface area contributed by atoms with Gasteiger partial charge in [-0.3, -0.25) is 9.69 Å². The number of benzene rings is 1. The van der Waals surface area contributed by atoms with Gasteiger partial charge in [-0.25, -0.2) is 0 Å². The Morgan fingerprint density at radius 1 is 1.39 bits per heavy atom. The summed E-state index contributed by atoms with van der Waals surface area (Å²) in [6.45, 7) is 2.90. The number of aliphatic carboxylic acids is 1. The van der Waals surface area contributed by atoms with Crippen LogP contribution in [-0.4, -0.2) is 29.1 Å². The van der Waals surface area contributed by atoms with E-state index >= 15 is 0 Å². The van der Waals surface area contributed by atoms with Crippen molar-refractivity contribution in [3.05, 3.63) is 34.3 Å². The number of rotatable bonds is 4. The van der Waals surface area contributed by atoms with Crippen LogP contribution in [0.25, 0.3) is 0 Å². The number of hydrogen-bond donors (Lipinski definition) is 1. The van der Waals surface area contributed by atoms with Gasteiger partial charge in [0.25, 0.3) is 0 Å². The van der Waals surface area contributed by atoms with Crippen molar-refractivity contribution in [2.24, 2.45) is 5.92 Å². The van der Waals surface area contributed by atoms with Crippen molar-refractivity contribution in [3.8, 4) is 0 Å². The van der Waals surface area contributed by atoms with E-state index in [0.29, 0.717) is 12.3 Å². The number of halogens is 1. The molecule has 0 aliphatic carbocycles. The molecule has 1 aliphatic heterocycles. The number of hydrogen-bond acceptors (Lipinski definition) is 2. The topological polar surface area (TPSA) is 40.5 Å². The van der Waals surface area contributed by atoms with Gasteiger partial charge in [0, 0.05) is 24.0 Å². The highest BCUT2D eigenvalue weighted by molar-refractivity contribution is 9.10. The summed E-state index contributed by atoms with van der Waals surface area (Å²) < 4.78 is 1.09. The van der Waals surface area contributed by atoms with Crippen LogP contribution in [0.5, 0.6) is 0 Å². The minimum Gasteiger partial charge on any atom is -0.481 e. The maximum Gasteiger partial charge on any atom is 0.303 e. The maximum atomic E-state index is 10.7. The first-order chi connectivity index (χ1) is 8.63. The van der Waals surface area contributed by atoms with Crippen LogP contribution in [0.3, 0.4) is 0 Å². The summed E-state index contributed by atoms with van der Waals surface area (Å²) in [7, 11) is 0. The molecule has 1 aliphatic rings. The van der Waals surface area contributed by atoms with E-state index in [9.17, 15) is 4.79 Å². The van der Waals surface area contributed by atoms with E-state index < -0.39 is 5.97 Å². The van der Waals surface area contributed by atoms with Gasteiger partial charge in [0.15, 0.2) is 0 Å². The molecule has 1 fully saturated rings. The maximum absolute atomic E-state index is 10.7. The molecule has 3 nitrogen and oxygen atoms in total. The van der Waals surface area contributed by atoms with Gasteiger partial charge in [-0.1, -0.05) is 28.1 Å². The SMILES string of the molecule is O=C(O)CC1CCCN(Cc2ccc(Br)cc2)C1. The lowest BCUT2D eigenvalue weighted by Gasteiger charge is -2.32. The number of nitrogens with zero attached hydrogens (tertiary/aromatic N) is 1. The molecule has 1 N–H and O–H groups in total. The standard InChI is InChI=1S/C14H18BrNO2/c15-13-5-3-11(4-6-13)9-16-7-1-2-12(10-16)8-14(17)18/h3-6,12H,1-2,7-10H2,(H,17,18). The second-order valence-corrected chi connectivity index (χ2v) is 5.88. The molecule has 98 valence electrons. The molecule has 18 heavy (non-hydrogen) atoms. The molecule has 0 radical (unpaired) electrons. The van der Waals surface area contributed by atoms with Gasteiger partial charge in [0.1, 0.15) is 0 Å². The lowest BCUT2D eigenvalue weighted by atomic mass is 9.94. The Morgan fingerprint density at radius 3 is 2.78 bits per heavy atom. The fourth-order valence-corrected chi connectivity index (χ4v) is 2.82. The van der Waals surface area contributed by atoms with Crippen LogP contribution in [0.1, 0.15) is 24.8 Å². The third-order valence-corrected chi connectivity index (χ3v) is 3.91. The Kier molecular flexibility index (Phi) is 4.78. The molecule has 1 unspecified atom stereocenters. The molecular weight excluding hydrogens is 294 g/mol. The summed E-state index contributed by atoms with van der Waals surface area (Å²) in [4.78, 5) is 13.1. The van der Waals surface area contributed by atoms with Gasteiger partial charge in [-0.15, -0.1) is 0 Å². The quantitative estimate of drug-likeness (QED) is 0.928. The van der Waals surface area contributed by atoms with Gasteiger partial charge in [-0.05, 0) is 43.0 Å². The summed E-state index contributed by atoms with van der Waals surface area (Å²) in [5.74, 6) is -0.364. The minimum absolute atomic E-state index is 0.302. The van der Waals surface area contributed by atoms with Crippen LogP contribution < -0.4 is 0 Å². The highest BCUT2D eigenvalue weighted by Gasteiger charge is 2.21. The number of likely N-dealkylation sites (tertiary alicyclic amines) is 1. The third kappa shape index (κ3) is 4.10. The second-order valence-electron chi connectivity index (χ2n) is 4.97. The van der Waals surface area contributed by atoms with Crippen molar-refractivity contribution in [1.29, 1.82) is 0 Å². The summed E-state index contributed by atoms with van der Waals surface area (Å²) in [6, 6.07) is 8.33. The average Bonchev–Trinajstić information content (AvgIpc) is 2.32. The Balaban J connectivity index is 1.89. The fraction of sp³-hybridized carbons (Fsp3) is 0.500. The Labute approximate surface area is 116 Å². The van der Waals surface area contributed by atoms with E-state index in [1.807, 2.05) is 12.1 Å². The fourth-order valence-electron chi connectivity index (χ4n) is 2.56. The van der Waals surface area contributed by atoms with Crippen molar-refractivity contribution < 1.29 is 9.90 Å². The molecular formula is C14H18BrNO2. The van der Waals surface area contributed by atoms with E-state index in [4.69, 9.17) is 5.11 Å². The van der Waals surface area contributed by atoms with Crippen LogP contribution >= 0.6 is 15.9 Å². The molecule has 0 amide bonds.